The fraction of sp³-hybridized carbons (Fsp3) is 0. The third-order valence-electron chi connectivity index (χ3n) is 4.59. The summed E-state index contributed by atoms with van der Waals surface area (Å²) in [4.78, 5) is 12.6. The van der Waals surface area contributed by atoms with Gasteiger partial charge in [-0.3, -0.25) is 15.6 Å². The Bertz CT molecular complexity index is 1210. The molecule has 1 heterocycles. The van der Waals surface area contributed by atoms with Gasteiger partial charge in [-0.05, 0) is 53.6 Å². The molecule has 31 heavy (non-hydrogen) atoms. The zero-order chi connectivity index (χ0) is 21.6. The first-order chi connectivity index (χ1) is 15.1. The first-order valence-corrected chi connectivity index (χ1v) is 9.56. The lowest BCUT2D eigenvalue weighted by Crippen LogP contribution is -2.14. The van der Waals surface area contributed by atoms with Crippen LogP contribution in [0.15, 0.2) is 102 Å². The van der Waals surface area contributed by atoms with E-state index in [2.05, 4.69) is 5.32 Å². The highest BCUT2D eigenvalue weighted by Gasteiger charge is 2.12. The van der Waals surface area contributed by atoms with Gasteiger partial charge in [-0.25, -0.2) is 0 Å². The van der Waals surface area contributed by atoms with Crippen LogP contribution in [0, 0.1) is 10.8 Å². The highest BCUT2D eigenvalue weighted by Crippen LogP contribution is 2.20. The Hall–Kier alpha value is -4.45. The second-order valence-corrected chi connectivity index (χ2v) is 6.72. The van der Waals surface area contributed by atoms with E-state index in [0.717, 1.165) is 11.1 Å². The van der Waals surface area contributed by atoms with Crippen LogP contribution in [0.2, 0.25) is 0 Å². The number of anilines is 1. The standard InChI is InChI=1S/C25H19N3O3/c26-23(31-24(27)22-10-5-15-30-22)20-8-4-9-21(16-20)28-25(29)19-13-11-18(12-14-19)17-6-2-1-3-7-17/h1-16,26-27H,(H,28,29). The summed E-state index contributed by atoms with van der Waals surface area (Å²) < 4.78 is 10.3. The predicted molar refractivity (Wildman–Crippen MR) is 120 cm³/mol. The Morgan fingerprint density at radius 2 is 1.48 bits per heavy atom. The quantitative estimate of drug-likeness (QED) is 0.297. The lowest BCUT2D eigenvalue weighted by Gasteiger charge is -2.10. The van der Waals surface area contributed by atoms with Gasteiger partial charge in [0.2, 0.25) is 5.90 Å². The molecule has 0 bridgehead atoms. The van der Waals surface area contributed by atoms with Crippen LogP contribution in [0.1, 0.15) is 21.7 Å². The smallest absolute Gasteiger partial charge is 0.257 e. The van der Waals surface area contributed by atoms with Crippen LogP contribution in [-0.4, -0.2) is 17.7 Å². The molecule has 0 fully saturated rings. The van der Waals surface area contributed by atoms with Crippen molar-refractivity contribution in [2.75, 3.05) is 5.32 Å². The number of furan rings is 1. The normalized spacial score (nSPS) is 10.3. The van der Waals surface area contributed by atoms with Crippen molar-refractivity contribution in [2.45, 2.75) is 0 Å². The molecular weight excluding hydrogens is 390 g/mol. The van der Waals surface area contributed by atoms with Crippen molar-refractivity contribution in [1.82, 2.24) is 0 Å². The van der Waals surface area contributed by atoms with E-state index in [1.165, 1.54) is 6.26 Å². The summed E-state index contributed by atoms with van der Waals surface area (Å²) in [5.74, 6) is -0.506. The number of ether oxygens (including phenoxy) is 1. The van der Waals surface area contributed by atoms with Crippen molar-refractivity contribution < 1.29 is 13.9 Å². The fourth-order valence-corrected chi connectivity index (χ4v) is 3.01. The molecule has 4 aromatic rings. The zero-order valence-electron chi connectivity index (χ0n) is 16.5. The zero-order valence-corrected chi connectivity index (χ0v) is 16.5. The summed E-state index contributed by atoms with van der Waals surface area (Å²) in [5, 5.41) is 18.8. The van der Waals surface area contributed by atoms with Crippen molar-refractivity contribution in [3.05, 3.63) is 114 Å². The molecule has 1 amide bonds. The van der Waals surface area contributed by atoms with Gasteiger partial charge in [0, 0.05) is 16.8 Å². The largest absolute Gasteiger partial charge is 0.459 e. The first-order valence-electron chi connectivity index (χ1n) is 9.56. The van der Waals surface area contributed by atoms with E-state index < -0.39 is 0 Å². The van der Waals surface area contributed by atoms with Gasteiger partial charge < -0.3 is 14.5 Å². The Kier molecular flexibility index (Phi) is 5.71. The number of amides is 1. The van der Waals surface area contributed by atoms with Crippen molar-refractivity contribution in [2.24, 2.45) is 0 Å². The average molecular weight is 409 g/mol. The van der Waals surface area contributed by atoms with E-state index in [1.807, 2.05) is 42.5 Å². The Labute approximate surface area is 179 Å². The summed E-state index contributed by atoms with van der Waals surface area (Å²) in [5.41, 5.74) is 3.58. The molecule has 3 aromatic carbocycles. The Balaban J connectivity index is 1.43. The van der Waals surface area contributed by atoms with E-state index in [-0.39, 0.29) is 23.5 Å². The molecule has 6 heteroatoms. The molecule has 0 saturated heterocycles. The maximum atomic E-state index is 12.6. The third-order valence-corrected chi connectivity index (χ3v) is 4.59. The van der Waals surface area contributed by atoms with Gasteiger partial charge in [0.15, 0.2) is 5.76 Å². The second-order valence-electron chi connectivity index (χ2n) is 6.72. The van der Waals surface area contributed by atoms with Crippen LogP contribution in [0.4, 0.5) is 5.69 Å². The third kappa shape index (κ3) is 4.76. The van der Waals surface area contributed by atoms with Gasteiger partial charge in [0.1, 0.15) is 0 Å². The molecule has 0 atom stereocenters. The van der Waals surface area contributed by atoms with Gasteiger partial charge in [-0.2, -0.15) is 0 Å². The minimum atomic E-state index is -0.261. The molecule has 0 aliphatic rings. The highest BCUT2D eigenvalue weighted by atomic mass is 16.5. The van der Waals surface area contributed by atoms with E-state index in [9.17, 15) is 4.79 Å². The van der Waals surface area contributed by atoms with Crippen molar-refractivity contribution in [1.29, 1.82) is 10.8 Å². The molecule has 0 radical (unpaired) electrons. The lowest BCUT2D eigenvalue weighted by molar-refractivity contribution is 0.102. The Morgan fingerprint density at radius 1 is 0.742 bits per heavy atom. The van der Waals surface area contributed by atoms with E-state index in [4.69, 9.17) is 20.0 Å². The van der Waals surface area contributed by atoms with E-state index in [1.54, 1.807) is 48.5 Å². The fourth-order valence-electron chi connectivity index (χ4n) is 3.01. The van der Waals surface area contributed by atoms with Gasteiger partial charge >= 0.3 is 0 Å². The van der Waals surface area contributed by atoms with Crippen LogP contribution in [0.25, 0.3) is 11.1 Å². The topological polar surface area (TPSA) is 99.2 Å². The highest BCUT2D eigenvalue weighted by molar-refractivity contribution is 6.06. The molecule has 1 aromatic heterocycles. The van der Waals surface area contributed by atoms with Crippen LogP contribution >= 0.6 is 0 Å². The van der Waals surface area contributed by atoms with E-state index in [0.29, 0.717) is 16.8 Å². The lowest BCUT2D eigenvalue weighted by atomic mass is 10.0. The number of carbonyl (C=O) groups excluding carboxylic acids is 1. The van der Waals surface area contributed by atoms with Crippen molar-refractivity contribution in [3.8, 4) is 11.1 Å². The second kappa shape index (κ2) is 8.92. The molecular formula is C25H19N3O3. The van der Waals surface area contributed by atoms with Crippen LogP contribution < -0.4 is 5.32 Å². The Morgan fingerprint density at radius 3 is 2.19 bits per heavy atom. The molecule has 0 saturated carbocycles. The van der Waals surface area contributed by atoms with Gasteiger partial charge in [-0.1, -0.05) is 48.5 Å². The first kappa shape index (κ1) is 19.8. The summed E-state index contributed by atoms with van der Waals surface area (Å²) in [6, 6.07) is 27.2. The number of benzene rings is 3. The number of nitrogens with one attached hydrogen (secondary N) is 3. The van der Waals surface area contributed by atoms with Crippen LogP contribution in [-0.2, 0) is 4.74 Å². The number of hydrogen-bond donors (Lipinski definition) is 3. The molecule has 0 spiro atoms. The molecule has 4 rings (SSSR count). The molecule has 152 valence electrons. The molecule has 6 nitrogen and oxygen atoms in total. The van der Waals surface area contributed by atoms with Crippen molar-refractivity contribution >= 4 is 23.4 Å². The summed E-state index contributed by atoms with van der Waals surface area (Å²) in [6.07, 6.45) is 1.43. The number of hydrogen-bond acceptors (Lipinski definition) is 5. The van der Waals surface area contributed by atoms with Gasteiger partial charge in [0.05, 0.1) is 6.26 Å². The minimum absolute atomic E-state index is 0.218. The maximum absolute atomic E-state index is 12.6. The van der Waals surface area contributed by atoms with Crippen LogP contribution in [0.3, 0.4) is 0 Å². The number of rotatable bonds is 5. The SMILES string of the molecule is N=C(OC(=N)c1ccco1)c1cccc(NC(=O)c2ccc(-c3ccccc3)cc2)c1. The number of carbonyl (C=O) groups is 1. The van der Waals surface area contributed by atoms with Gasteiger partial charge in [0.25, 0.3) is 11.8 Å². The summed E-state index contributed by atoms with van der Waals surface area (Å²) in [6.45, 7) is 0. The van der Waals surface area contributed by atoms with Crippen LogP contribution in [0.5, 0.6) is 0 Å². The molecule has 0 aliphatic heterocycles. The molecule has 0 aliphatic carbocycles. The van der Waals surface area contributed by atoms with E-state index >= 15 is 0 Å². The average Bonchev–Trinajstić information content (AvgIpc) is 3.35. The predicted octanol–water partition coefficient (Wildman–Crippen LogP) is 5.57. The summed E-state index contributed by atoms with van der Waals surface area (Å²) >= 11 is 0. The minimum Gasteiger partial charge on any atom is -0.459 e. The molecule has 3 N–H and O–H groups in total. The van der Waals surface area contributed by atoms with Gasteiger partial charge in [-0.15, -0.1) is 0 Å². The maximum Gasteiger partial charge on any atom is 0.257 e. The summed E-state index contributed by atoms with van der Waals surface area (Å²) in [7, 11) is 0. The molecule has 0 unspecified atom stereocenters. The van der Waals surface area contributed by atoms with Crippen molar-refractivity contribution in [3.63, 3.8) is 0 Å². The monoisotopic (exact) mass is 409 g/mol.